The minimum absolute atomic E-state index is 0.162. The number of alkyl carbamates (subject to hydrolysis) is 1. The SMILES string of the molecule is CC(C)OC(=O)NC(C1=Cc2cccnc2[C@@H](N2CCN(C(=O)OC(C)(C)C)CC2)c2ccc(Cl)cc21)c1cncn1C.Cn1cncc1C(NC(=O)NC(C)(C)C)C1=Cc2cccnc2[C@@H](N2CCN(C(=O)OC(C)(C)C)CC2)c2ccc(Cl)cc21.[C-]#[N+]c1ccc(NC(=O)N2CCN([C@H]3c4ccc(Cl)cc4C(C(NC(C)=O)c4cncn4C)=Cc4cccnc43)CC2)cc1. The minimum atomic E-state index is -0.591. The minimum Gasteiger partial charge on any atom is -0.447 e. The molecule has 6 atom stereocenters. The highest BCUT2D eigenvalue weighted by molar-refractivity contribution is 6.31. The Morgan fingerprint density at radius 1 is 0.466 bits per heavy atom. The number of fused-ring (bicyclic) bond motifs is 6. The van der Waals surface area contributed by atoms with Crippen molar-refractivity contribution in [3.05, 3.63) is 282 Å². The number of amides is 8. The molecule has 3 saturated heterocycles. The van der Waals surface area contributed by atoms with Crippen LogP contribution in [0.4, 0.5) is 35.3 Å². The molecule has 10 aromatic rings. The number of ether oxygens (including phenoxy) is 3. The highest BCUT2D eigenvalue weighted by Crippen LogP contribution is 2.49. The number of imidazole rings is 3. The van der Waals surface area contributed by atoms with Gasteiger partial charge in [-0.15, -0.1) is 0 Å². The molecule has 6 aliphatic rings. The molecule has 3 aliphatic carbocycles. The summed E-state index contributed by atoms with van der Waals surface area (Å²) >= 11 is 19.9. The molecule has 0 radical (unpaired) electrons. The van der Waals surface area contributed by atoms with Gasteiger partial charge in [0.1, 0.15) is 11.2 Å². The zero-order chi connectivity index (χ0) is 93.5. The van der Waals surface area contributed by atoms with Crippen LogP contribution in [0.3, 0.4) is 0 Å². The topological polar surface area (TPSA) is 306 Å². The van der Waals surface area contributed by atoms with Gasteiger partial charge in [-0.05, 0) is 228 Å². The van der Waals surface area contributed by atoms with E-state index in [1.807, 2.05) is 196 Å². The van der Waals surface area contributed by atoms with Crippen molar-refractivity contribution in [3.8, 4) is 0 Å². The number of benzene rings is 4. The molecule has 9 heterocycles. The Kier molecular flexibility index (Phi) is 29.0. The molecule has 0 spiro atoms. The van der Waals surface area contributed by atoms with Crippen LogP contribution >= 0.6 is 34.8 Å². The largest absolute Gasteiger partial charge is 0.447 e. The average Bonchev–Trinajstić information content (AvgIpc) is 1.63. The number of halogens is 3. The maximum absolute atomic E-state index is 13.3. The number of nitrogens with zero attached hydrogens (tertiary/aromatic N) is 16. The second kappa shape index (κ2) is 40.3. The number of aryl methyl sites for hydroxylation is 3. The predicted octanol–water partition coefficient (Wildman–Crippen LogP) is 17.3. The maximum Gasteiger partial charge on any atom is 0.410 e. The van der Waals surface area contributed by atoms with Crippen molar-refractivity contribution in [1.82, 2.24) is 94.3 Å². The predicted molar refractivity (Wildman–Crippen MR) is 508 cm³/mol. The molecule has 0 saturated carbocycles. The third kappa shape index (κ3) is 22.6. The first kappa shape index (κ1) is 94.4. The molecule has 3 aliphatic heterocycles. The fourth-order valence-electron chi connectivity index (χ4n) is 17.3. The molecular weight excluding hydrogens is 1720 g/mol. The number of carbonyl (C=O) groups excluding carboxylic acids is 6. The lowest BCUT2D eigenvalue weighted by molar-refractivity contribution is -0.119. The zero-order valence-corrected chi connectivity index (χ0v) is 78.7. The molecule has 33 heteroatoms. The highest BCUT2D eigenvalue weighted by atomic mass is 35.5. The molecule has 0 bridgehead atoms. The van der Waals surface area contributed by atoms with Crippen molar-refractivity contribution in [2.75, 3.05) is 83.9 Å². The number of piperazine rings is 3. The Morgan fingerprint density at radius 3 is 1.14 bits per heavy atom. The number of pyridine rings is 3. The molecule has 5 N–H and O–H groups in total. The molecule has 684 valence electrons. The van der Waals surface area contributed by atoms with E-state index in [9.17, 15) is 28.8 Å². The number of urea groups is 2. The third-order valence-corrected chi connectivity index (χ3v) is 23.9. The number of rotatable bonds is 14. The van der Waals surface area contributed by atoms with Gasteiger partial charge in [-0.3, -0.25) is 34.4 Å². The van der Waals surface area contributed by atoms with E-state index in [4.69, 9.17) is 70.5 Å². The Morgan fingerprint density at radius 2 is 0.817 bits per heavy atom. The maximum atomic E-state index is 13.3. The van der Waals surface area contributed by atoms with Gasteiger partial charge in [0, 0.05) is 151 Å². The molecule has 16 rings (SSSR count). The lowest BCUT2D eigenvalue weighted by Crippen LogP contribution is -2.51. The van der Waals surface area contributed by atoms with Crippen LogP contribution in [-0.4, -0.2) is 211 Å². The molecule has 6 aromatic heterocycles. The summed E-state index contributed by atoms with van der Waals surface area (Å²) in [6.45, 7) is 36.3. The molecular formula is C98H112Cl3N21O9. The fourth-order valence-corrected chi connectivity index (χ4v) is 17.8. The van der Waals surface area contributed by atoms with Crippen molar-refractivity contribution in [2.24, 2.45) is 21.1 Å². The number of carbonyl (C=O) groups is 6. The summed E-state index contributed by atoms with van der Waals surface area (Å²) in [7, 11) is 5.71. The lowest BCUT2D eigenvalue weighted by Gasteiger charge is -2.40. The lowest BCUT2D eigenvalue weighted by atomic mass is 9.89. The fraction of sp³-hybridized carbons (Fsp3) is 0.378. The summed E-state index contributed by atoms with van der Waals surface area (Å²) in [6.07, 6.45) is 20.7. The molecule has 3 fully saturated rings. The summed E-state index contributed by atoms with van der Waals surface area (Å²) in [5.41, 5.74) is 16.0. The quantitative estimate of drug-likeness (QED) is 0.0499. The van der Waals surface area contributed by atoms with Crippen LogP contribution in [0, 0.1) is 6.57 Å². The third-order valence-electron chi connectivity index (χ3n) is 23.2. The van der Waals surface area contributed by atoms with Crippen LogP contribution in [-0.2, 0) is 40.1 Å². The summed E-state index contributed by atoms with van der Waals surface area (Å²) in [4.78, 5) is 121. The average molecular weight is 1830 g/mol. The van der Waals surface area contributed by atoms with E-state index >= 15 is 0 Å². The van der Waals surface area contributed by atoms with Gasteiger partial charge in [0.2, 0.25) is 5.91 Å². The highest BCUT2D eigenvalue weighted by Gasteiger charge is 2.42. The van der Waals surface area contributed by atoms with Crippen molar-refractivity contribution >= 4 is 117 Å². The number of anilines is 1. The molecule has 8 amide bonds. The van der Waals surface area contributed by atoms with E-state index in [0.717, 1.165) is 101 Å². The van der Waals surface area contributed by atoms with Gasteiger partial charge in [0.25, 0.3) is 0 Å². The van der Waals surface area contributed by atoms with Crippen molar-refractivity contribution < 1.29 is 43.0 Å². The van der Waals surface area contributed by atoms with Crippen LogP contribution in [0.1, 0.15) is 204 Å². The van der Waals surface area contributed by atoms with Crippen LogP contribution in [0.25, 0.3) is 39.8 Å². The van der Waals surface area contributed by atoms with Gasteiger partial charge >= 0.3 is 30.3 Å². The smallest absolute Gasteiger partial charge is 0.410 e. The summed E-state index contributed by atoms with van der Waals surface area (Å²) < 4.78 is 22.5. The van der Waals surface area contributed by atoms with E-state index in [-0.39, 0.29) is 54.4 Å². The van der Waals surface area contributed by atoms with Crippen LogP contribution in [0.5, 0.6) is 0 Å². The second-order valence-electron chi connectivity index (χ2n) is 36.5. The monoisotopic (exact) mass is 1830 g/mol. The standard InChI is InChI=1S/C33H31ClN8O2.C33H42ClN7O3.C32H39ClN6O4/c1-21(43)38-31(29-19-36-20-40(29)3)28-17-22-5-4-12-37-30(22)32(26-11-6-23(34)18-27(26)28)41-13-15-42(16-14-41)33(44)39-25-9-7-24(35-2)8-10-25;1-32(2,3)38-30(42)37-28(26-19-35-20-39(26)7)25-17-21-9-8-12-36-27(21)29(23-11-10-22(34)18-24(23)25)40-13-15-41(16-14-40)31(43)44-33(4,5)6;1-20(2)42-30(40)36-28(26-18-34-19-37(26)6)25-16-21-8-7-11-35-27(21)29(23-10-9-22(33)17-24(23)25)38-12-14-39(15-13-38)31(41)43-32(3,4)5/h4-12,17-20,31-32H,13-16H2,1,3H3,(H,38,43)(H,39,44);8-12,17-20,28-29H,13-16H2,1-7H3,(H2,37,38,42);7-11,16-20,28-29H,12-15H2,1-6H3,(H,36,40)/t31?,32-;2*28?,29-/m000/s1. The normalized spacial score (nSPS) is 17.6. The van der Waals surface area contributed by atoms with Gasteiger partial charge in [0.15, 0.2) is 5.69 Å². The van der Waals surface area contributed by atoms with E-state index < -0.39 is 41.0 Å². The zero-order valence-electron chi connectivity index (χ0n) is 76.4. The first-order valence-electron chi connectivity index (χ1n) is 43.8. The number of nitrogens with one attached hydrogen (secondary N) is 5. The first-order valence-corrected chi connectivity index (χ1v) is 44.9. The molecule has 30 nitrogen and oxygen atoms in total. The van der Waals surface area contributed by atoms with E-state index in [1.165, 1.54) is 6.92 Å². The Hall–Kier alpha value is -12.8. The summed E-state index contributed by atoms with van der Waals surface area (Å²) in [5.74, 6) is -0.162. The van der Waals surface area contributed by atoms with Crippen LogP contribution in [0.2, 0.25) is 15.1 Å². The van der Waals surface area contributed by atoms with Gasteiger partial charge in [-0.1, -0.05) is 83.3 Å². The van der Waals surface area contributed by atoms with Gasteiger partial charge < -0.3 is 69.2 Å². The van der Waals surface area contributed by atoms with Crippen LogP contribution < -0.4 is 26.6 Å². The summed E-state index contributed by atoms with van der Waals surface area (Å²) in [5, 5.41) is 17.2. The van der Waals surface area contributed by atoms with Gasteiger partial charge in [-0.25, -0.2) is 43.8 Å². The summed E-state index contributed by atoms with van der Waals surface area (Å²) in [6, 6.07) is 33.7. The first-order chi connectivity index (χ1) is 62.4. The van der Waals surface area contributed by atoms with Gasteiger partial charge in [-0.2, -0.15) is 0 Å². The molecule has 131 heavy (non-hydrogen) atoms. The number of hydrogen-bond acceptors (Lipinski definition) is 18. The van der Waals surface area contributed by atoms with E-state index in [2.05, 4.69) is 91.4 Å². The van der Waals surface area contributed by atoms with Crippen molar-refractivity contribution in [3.63, 3.8) is 0 Å². The van der Waals surface area contributed by atoms with Gasteiger partial charge in [0.05, 0.1) is 121 Å². The Bertz CT molecular complexity index is 6010. The van der Waals surface area contributed by atoms with E-state index in [0.29, 0.717) is 105 Å². The number of aromatic nitrogens is 9. The molecule has 4 aromatic carbocycles. The Balaban J connectivity index is 0.000000158. The van der Waals surface area contributed by atoms with Crippen LogP contribution in [0.15, 0.2) is 171 Å². The Labute approximate surface area is 779 Å². The molecule has 3 unspecified atom stereocenters. The van der Waals surface area contributed by atoms with E-state index in [1.54, 1.807) is 88.9 Å². The number of hydrogen-bond donors (Lipinski definition) is 5. The second-order valence-corrected chi connectivity index (χ2v) is 37.8. The van der Waals surface area contributed by atoms with Crippen molar-refractivity contribution in [1.29, 1.82) is 0 Å². The van der Waals surface area contributed by atoms with Crippen molar-refractivity contribution in [2.45, 2.75) is 142 Å².